The summed E-state index contributed by atoms with van der Waals surface area (Å²) in [6, 6.07) is 7.90. The molecule has 0 saturated heterocycles. The van der Waals surface area contributed by atoms with Crippen molar-refractivity contribution in [1.29, 1.82) is 5.26 Å². The van der Waals surface area contributed by atoms with Crippen molar-refractivity contribution in [2.75, 3.05) is 0 Å². The zero-order valence-corrected chi connectivity index (χ0v) is 10.2. The van der Waals surface area contributed by atoms with Crippen molar-refractivity contribution in [2.24, 2.45) is 0 Å². The van der Waals surface area contributed by atoms with Gasteiger partial charge < -0.3 is 10.1 Å². The van der Waals surface area contributed by atoms with Crippen molar-refractivity contribution in [3.63, 3.8) is 0 Å². The highest BCUT2D eigenvalue weighted by molar-refractivity contribution is 6.31. The quantitative estimate of drug-likeness (QED) is 0.878. The van der Waals surface area contributed by atoms with E-state index in [1.54, 1.807) is 12.1 Å². The van der Waals surface area contributed by atoms with Crippen molar-refractivity contribution in [2.45, 2.75) is 0 Å². The van der Waals surface area contributed by atoms with Crippen LogP contribution in [0.4, 0.5) is 0 Å². The first-order chi connectivity index (χ1) is 9.02. The van der Waals surface area contributed by atoms with E-state index in [2.05, 4.69) is 4.98 Å². The number of benzene rings is 1. The third-order valence-electron chi connectivity index (χ3n) is 2.55. The molecule has 0 saturated carbocycles. The van der Waals surface area contributed by atoms with Gasteiger partial charge in [-0.1, -0.05) is 17.7 Å². The zero-order valence-electron chi connectivity index (χ0n) is 9.48. The molecule has 0 bridgehead atoms. The summed E-state index contributed by atoms with van der Waals surface area (Å²) in [5.41, 5.74) is 0.337. The number of aromatic carboxylic acids is 1. The highest BCUT2D eigenvalue weighted by atomic mass is 35.5. The maximum absolute atomic E-state index is 11.3. The van der Waals surface area contributed by atoms with Crippen LogP contribution in [0.5, 0.6) is 0 Å². The molecule has 1 aromatic carbocycles. The van der Waals surface area contributed by atoms with Crippen molar-refractivity contribution in [3.05, 3.63) is 57.0 Å². The van der Waals surface area contributed by atoms with E-state index in [4.69, 9.17) is 22.0 Å². The summed E-state index contributed by atoms with van der Waals surface area (Å²) in [4.78, 5) is 24.5. The zero-order chi connectivity index (χ0) is 14.0. The normalized spacial score (nSPS) is 9.89. The molecule has 0 aliphatic carbocycles. The van der Waals surface area contributed by atoms with Crippen LogP contribution in [0.2, 0.25) is 5.02 Å². The number of carboxylic acid groups (broad SMARTS) is 1. The monoisotopic (exact) mass is 274 g/mol. The Kier molecular flexibility index (Phi) is 3.36. The van der Waals surface area contributed by atoms with Gasteiger partial charge in [-0.25, -0.2) is 4.79 Å². The van der Waals surface area contributed by atoms with Crippen LogP contribution in [0, 0.1) is 11.3 Å². The average molecular weight is 275 g/mol. The topological polar surface area (TPSA) is 94.0 Å². The third kappa shape index (κ3) is 2.49. The number of rotatable bonds is 2. The molecule has 1 aromatic heterocycles. The first-order valence-electron chi connectivity index (χ1n) is 5.19. The summed E-state index contributed by atoms with van der Waals surface area (Å²) < 4.78 is 0. The Hall–Kier alpha value is -2.58. The molecular formula is C13H7ClN2O3. The van der Waals surface area contributed by atoms with Gasteiger partial charge in [0.25, 0.3) is 5.56 Å². The lowest BCUT2D eigenvalue weighted by Crippen LogP contribution is -2.16. The second-order valence-electron chi connectivity index (χ2n) is 3.74. The predicted molar refractivity (Wildman–Crippen MR) is 69.2 cm³/mol. The number of H-pyrrole nitrogens is 1. The number of carboxylic acids is 1. The standard InChI is InChI=1S/C13H7ClN2O3/c14-11-2-1-7(3-8(11)5-15)9-4-10(13(18)19)12(17)16-6-9/h1-4,6H,(H,16,17)(H,18,19). The fourth-order valence-corrected chi connectivity index (χ4v) is 1.76. The number of hydrogen-bond donors (Lipinski definition) is 2. The molecule has 5 nitrogen and oxygen atoms in total. The summed E-state index contributed by atoms with van der Waals surface area (Å²) in [5.74, 6) is -1.31. The van der Waals surface area contributed by atoms with E-state index in [1.807, 2.05) is 6.07 Å². The van der Waals surface area contributed by atoms with E-state index in [-0.39, 0.29) is 11.1 Å². The van der Waals surface area contributed by atoms with Gasteiger partial charge in [0.05, 0.1) is 10.6 Å². The SMILES string of the molecule is N#Cc1cc(-c2c[nH]c(=O)c(C(=O)O)c2)ccc1Cl. The van der Waals surface area contributed by atoms with Crippen molar-refractivity contribution >= 4 is 17.6 Å². The molecule has 6 heteroatoms. The third-order valence-corrected chi connectivity index (χ3v) is 2.88. The van der Waals surface area contributed by atoms with E-state index in [0.29, 0.717) is 16.1 Å². The first-order valence-corrected chi connectivity index (χ1v) is 5.57. The van der Waals surface area contributed by atoms with Crippen LogP contribution < -0.4 is 5.56 Å². The summed E-state index contributed by atoms with van der Waals surface area (Å²) in [6.07, 6.45) is 1.39. The second kappa shape index (κ2) is 4.96. The number of hydrogen-bond acceptors (Lipinski definition) is 3. The van der Waals surface area contributed by atoms with E-state index in [1.165, 1.54) is 18.3 Å². The number of halogens is 1. The van der Waals surface area contributed by atoms with Crippen LogP contribution in [0.25, 0.3) is 11.1 Å². The Balaban J connectivity index is 2.60. The Morgan fingerprint density at radius 1 is 1.32 bits per heavy atom. The number of aromatic amines is 1. The van der Waals surface area contributed by atoms with Gasteiger partial charge in [-0.2, -0.15) is 5.26 Å². The molecular weight excluding hydrogens is 268 g/mol. The minimum absolute atomic E-state index is 0.280. The molecule has 0 radical (unpaired) electrons. The average Bonchev–Trinajstić information content (AvgIpc) is 2.39. The summed E-state index contributed by atoms with van der Waals surface area (Å²) >= 11 is 5.82. The molecule has 0 aliphatic rings. The van der Waals surface area contributed by atoms with Gasteiger partial charge in [-0.3, -0.25) is 4.79 Å². The molecule has 2 aromatic rings. The number of nitrogens with zero attached hydrogens (tertiary/aromatic N) is 1. The molecule has 0 atom stereocenters. The minimum Gasteiger partial charge on any atom is -0.477 e. The molecule has 2 rings (SSSR count). The van der Waals surface area contributed by atoms with E-state index in [9.17, 15) is 9.59 Å². The lowest BCUT2D eigenvalue weighted by Gasteiger charge is -2.04. The van der Waals surface area contributed by atoms with Crippen LogP contribution in [-0.4, -0.2) is 16.1 Å². The molecule has 0 fully saturated rings. The fraction of sp³-hybridized carbons (Fsp3) is 0. The summed E-state index contributed by atoms with van der Waals surface area (Å²) in [6.45, 7) is 0. The lowest BCUT2D eigenvalue weighted by atomic mass is 10.0. The molecule has 0 unspecified atom stereocenters. The van der Waals surface area contributed by atoms with Gasteiger partial charge in [-0.15, -0.1) is 0 Å². The largest absolute Gasteiger partial charge is 0.477 e. The first kappa shape index (κ1) is 12.9. The molecule has 0 amide bonds. The number of aromatic nitrogens is 1. The van der Waals surface area contributed by atoms with Gasteiger partial charge in [0, 0.05) is 6.20 Å². The van der Waals surface area contributed by atoms with Crippen LogP contribution in [-0.2, 0) is 0 Å². The lowest BCUT2D eigenvalue weighted by molar-refractivity contribution is 0.0695. The number of carbonyl (C=O) groups is 1. The Morgan fingerprint density at radius 3 is 2.68 bits per heavy atom. The van der Waals surface area contributed by atoms with E-state index in [0.717, 1.165) is 0 Å². The molecule has 0 aliphatic heterocycles. The highest BCUT2D eigenvalue weighted by Crippen LogP contribution is 2.24. The maximum Gasteiger partial charge on any atom is 0.341 e. The smallest absolute Gasteiger partial charge is 0.341 e. The Morgan fingerprint density at radius 2 is 2.05 bits per heavy atom. The second-order valence-corrected chi connectivity index (χ2v) is 4.15. The summed E-state index contributed by atoms with van der Waals surface area (Å²) in [7, 11) is 0. The van der Waals surface area contributed by atoms with Crippen LogP contribution in [0.3, 0.4) is 0 Å². The van der Waals surface area contributed by atoms with Crippen LogP contribution in [0.15, 0.2) is 35.3 Å². The molecule has 94 valence electrons. The number of nitriles is 1. The minimum atomic E-state index is -1.31. The maximum atomic E-state index is 11.3. The van der Waals surface area contributed by atoms with Gasteiger partial charge in [0.1, 0.15) is 11.6 Å². The molecule has 2 N–H and O–H groups in total. The number of pyridine rings is 1. The fourth-order valence-electron chi connectivity index (χ4n) is 1.60. The predicted octanol–water partition coefficient (Wildman–Crippen LogP) is 2.27. The van der Waals surface area contributed by atoms with Gasteiger partial charge in [0.2, 0.25) is 0 Å². The highest BCUT2D eigenvalue weighted by Gasteiger charge is 2.11. The molecule has 0 spiro atoms. The van der Waals surface area contributed by atoms with Crippen LogP contribution >= 0.6 is 11.6 Å². The number of nitrogens with one attached hydrogen (secondary N) is 1. The summed E-state index contributed by atoms with van der Waals surface area (Å²) in [5, 5.41) is 18.1. The molecule has 19 heavy (non-hydrogen) atoms. The molecule has 1 heterocycles. The van der Waals surface area contributed by atoms with Gasteiger partial charge >= 0.3 is 5.97 Å². The van der Waals surface area contributed by atoms with Crippen molar-refractivity contribution in [3.8, 4) is 17.2 Å². The van der Waals surface area contributed by atoms with Crippen LogP contribution in [0.1, 0.15) is 15.9 Å². The van der Waals surface area contributed by atoms with Gasteiger partial charge in [-0.05, 0) is 29.3 Å². The Bertz CT molecular complexity index is 759. The van der Waals surface area contributed by atoms with E-state index < -0.39 is 11.5 Å². The van der Waals surface area contributed by atoms with Crippen molar-refractivity contribution < 1.29 is 9.90 Å². The Labute approximate surface area is 112 Å². The van der Waals surface area contributed by atoms with Gasteiger partial charge in [0.15, 0.2) is 0 Å². The van der Waals surface area contributed by atoms with Crippen molar-refractivity contribution in [1.82, 2.24) is 4.98 Å². The van der Waals surface area contributed by atoms with E-state index >= 15 is 0 Å².